The van der Waals surface area contributed by atoms with Crippen LogP contribution in [0.25, 0.3) is 11.3 Å². The van der Waals surface area contributed by atoms with E-state index in [1.807, 2.05) is 12.1 Å². The maximum absolute atomic E-state index is 11.7. The van der Waals surface area contributed by atoms with Crippen LogP contribution >= 0.6 is 0 Å². The van der Waals surface area contributed by atoms with Crippen molar-refractivity contribution in [2.75, 3.05) is 6.61 Å². The van der Waals surface area contributed by atoms with Gasteiger partial charge in [-0.2, -0.15) is 0 Å². The number of aryl methyl sites for hydroxylation is 1. The zero-order chi connectivity index (χ0) is 13.2. The number of rotatable bonds is 3. The lowest BCUT2D eigenvalue weighted by Gasteiger charge is -2.05. The Kier molecular flexibility index (Phi) is 3.07. The largest absolute Gasteiger partial charge is 0.493 e. The Balaban J connectivity index is 2.04. The standard InChI is InChI=1S/C15H16N2O2/c1-2-3-14-16-12(9-15(18)17-14)10-4-5-13-11(8-10)6-7-19-13/h4-5,8-9H,2-3,6-7H2,1H3,(H,16,17,18). The highest BCUT2D eigenvalue weighted by Crippen LogP contribution is 2.29. The number of ether oxygens (including phenoxy) is 1. The maximum atomic E-state index is 11.7. The van der Waals surface area contributed by atoms with Crippen molar-refractivity contribution in [1.82, 2.24) is 9.97 Å². The van der Waals surface area contributed by atoms with Gasteiger partial charge in [0.05, 0.1) is 12.3 Å². The van der Waals surface area contributed by atoms with Gasteiger partial charge in [0.1, 0.15) is 11.6 Å². The lowest BCUT2D eigenvalue weighted by Crippen LogP contribution is -2.11. The summed E-state index contributed by atoms with van der Waals surface area (Å²) in [5.41, 5.74) is 2.82. The molecule has 3 rings (SSSR count). The summed E-state index contributed by atoms with van der Waals surface area (Å²) in [6.07, 6.45) is 2.68. The molecule has 98 valence electrons. The zero-order valence-electron chi connectivity index (χ0n) is 10.9. The van der Waals surface area contributed by atoms with Gasteiger partial charge >= 0.3 is 0 Å². The fourth-order valence-electron chi connectivity index (χ4n) is 2.36. The molecule has 4 nitrogen and oxygen atoms in total. The fraction of sp³-hybridized carbons (Fsp3) is 0.333. The number of fused-ring (bicyclic) bond motifs is 1. The molecule has 1 aromatic heterocycles. The number of benzene rings is 1. The monoisotopic (exact) mass is 256 g/mol. The van der Waals surface area contributed by atoms with Gasteiger partial charge in [-0.1, -0.05) is 6.92 Å². The number of H-pyrrole nitrogens is 1. The highest BCUT2D eigenvalue weighted by molar-refractivity contribution is 5.62. The third kappa shape index (κ3) is 2.38. The van der Waals surface area contributed by atoms with Gasteiger partial charge in [-0.05, 0) is 30.2 Å². The van der Waals surface area contributed by atoms with Crippen molar-refractivity contribution in [3.63, 3.8) is 0 Å². The smallest absolute Gasteiger partial charge is 0.251 e. The van der Waals surface area contributed by atoms with Crippen LogP contribution in [0.2, 0.25) is 0 Å². The molecule has 1 aliphatic heterocycles. The van der Waals surface area contributed by atoms with E-state index < -0.39 is 0 Å². The molecule has 19 heavy (non-hydrogen) atoms. The Morgan fingerprint density at radius 3 is 3.11 bits per heavy atom. The first-order valence-electron chi connectivity index (χ1n) is 6.62. The predicted octanol–water partition coefficient (Wildman–Crippen LogP) is 2.32. The van der Waals surface area contributed by atoms with Crippen LogP contribution in [0.4, 0.5) is 0 Å². The van der Waals surface area contributed by atoms with Crippen molar-refractivity contribution in [1.29, 1.82) is 0 Å². The molecule has 0 fully saturated rings. The zero-order valence-corrected chi connectivity index (χ0v) is 10.9. The van der Waals surface area contributed by atoms with Gasteiger partial charge in [0.25, 0.3) is 5.56 Å². The van der Waals surface area contributed by atoms with Gasteiger partial charge in [-0.15, -0.1) is 0 Å². The third-order valence-corrected chi connectivity index (χ3v) is 3.26. The highest BCUT2D eigenvalue weighted by atomic mass is 16.5. The molecule has 1 N–H and O–H groups in total. The average molecular weight is 256 g/mol. The molecule has 0 amide bonds. The van der Waals surface area contributed by atoms with E-state index in [1.54, 1.807) is 6.07 Å². The number of nitrogens with one attached hydrogen (secondary N) is 1. The molecule has 1 aromatic carbocycles. The molecule has 0 bridgehead atoms. The van der Waals surface area contributed by atoms with E-state index in [9.17, 15) is 4.79 Å². The molecule has 0 spiro atoms. The summed E-state index contributed by atoms with van der Waals surface area (Å²) < 4.78 is 5.49. The van der Waals surface area contributed by atoms with Gasteiger partial charge in [0, 0.05) is 24.5 Å². The van der Waals surface area contributed by atoms with Crippen LogP contribution in [0.1, 0.15) is 24.7 Å². The molecule has 4 heteroatoms. The minimum atomic E-state index is -0.0924. The van der Waals surface area contributed by atoms with E-state index in [4.69, 9.17) is 4.74 Å². The fourth-order valence-corrected chi connectivity index (χ4v) is 2.36. The summed E-state index contributed by atoms with van der Waals surface area (Å²) in [4.78, 5) is 19.0. The van der Waals surface area contributed by atoms with Crippen LogP contribution in [0.5, 0.6) is 5.75 Å². The van der Waals surface area contributed by atoms with Gasteiger partial charge in [-0.3, -0.25) is 4.79 Å². The SMILES string of the molecule is CCCc1nc(-c2ccc3c(c2)CCO3)cc(=O)[nH]1. The number of aromatic amines is 1. The van der Waals surface area contributed by atoms with E-state index in [2.05, 4.69) is 23.0 Å². The first kappa shape index (κ1) is 12.0. The number of hydrogen-bond donors (Lipinski definition) is 1. The molecule has 2 heterocycles. The Morgan fingerprint density at radius 1 is 1.37 bits per heavy atom. The van der Waals surface area contributed by atoms with Crippen molar-refractivity contribution >= 4 is 0 Å². The topological polar surface area (TPSA) is 55.0 Å². The van der Waals surface area contributed by atoms with Crippen LogP contribution in [0, 0.1) is 0 Å². The summed E-state index contributed by atoms with van der Waals surface area (Å²) in [6, 6.07) is 7.54. The Labute approximate surface area is 111 Å². The normalized spacial score (nSPS) is 13.1. The van der Waals surface area contributed by atoms with E-state index in [-0.39, 0.29) is 5.56 Å². The van der Waals surface area contributed by atoms with E-state index in [1.165, 1.54) is 5.56 Å². The second-order valence-corrected chi connectivity index (χ2v) is 4.75. The van der Waals surface area contributed by atoms with Gasteiger partial charge in [0.2, 0.25) is 0 Å². The summed E-state index contributed by atoms with van der Waals surface area (Å²) >= 11 is 0. The Morgan fingerprint density at radius 2 is 2.26 bits per heavy atom. The Bertz CT molecular complexity index is 661. The maximum Gasteiger partial charge on any atom is 0.251 e. The molecule has 0 saturated carbocycles. The molecule has 0 aliphatic carbocycles. The Hall–Kier alpha value is -2.10. The van der Waals surface area contributed by atoms with E-state index >= 15 is 0 Å². The molecule has 1 aliphatic rings. The molecule has 0 radical (unpaired) electrons. The number of aromatic nitrogens is 2. The summed E-state index contributed by atoms with van der Waals surface area (Å²) in [6.45, 7) is 2.81. The molecule has 0 saturated heterocycles. The predicted molar refractivity (Wildman–Crippen MR) is 73.5 cm³/mol. The van der Waals surface area contributed by atoms with Crippen LogP contribution in [0.15, 0.2) is 29.1 Å². The number of hydrogen-bond acceptors (Lipinski definition) is 3. The van der Waals surface area contributed by atoms with Crippen molar-refractivity contribution in [2.24, 2.45) is 0 Å². The van der Waals surface area contributed by atoms with Gasteiger partial charge in [-0.25, -0.2) is 4.98 Å². The lowest BCUT2D eigenvalue weighted by atomic mass is 10.1. The molecule has 0 atom stereocenters. The molecule has 0 unspecified atom stereocenters. The summed E-state index contributed by atoms with van der Waals surface area (Å²) in [5.74, 6) is 1.70. The van der Waals surface area contributed by atoms with Crippen LogP contribution in [0.3, 0.4) is 0 Å². The first-order valence-corrected chi connectivity index (χ1v) is 6.62. The summed E-state index contributed by atoms with van der Waals surface area (Å²) in [7, 11) is 0. The molecule has 2 aromatic rings. The average Bonchev–Trinajstić information content (AvgIpc) is 2.85. The van der Waals surface area contributed by atoms with E-state index in [0.717, 1.165) is 48.7 Å². The van der Waals surface area contributed by atoms with Gasteiger partial charge in [0.15, 0.2) is 0 Å². The van der Waals surface area contributed by atoms with Crippen LogP contribution in [-0.2, 0) is 12.8 Å². The number of nitrogens with zero attached hydrogens (tertiary/aromatic N) is 1. The minimum absolute atomic E-state index is 0.0924. The second-order valence-electron chi connectivity index (χ2n) is 4.75. The van der Waals surface area contributed by atoms with Crippen molar-refractivity contribution in [2.45, 2.75) is 26.2 Å². The lowest BCUT2D eigenvalue weighted by molar-refractivity contribution is 0.357. The minimum Gasteiger partial charge on any atom is -0.493 e. The first-order chi connectivity index (χ1) is 9.26. The summed E-state index contributed by atoms with van der Waals surface area (Å²) in [5, 5.41) is 0. The van der Waals surface area contributed by atoms with Crippen LogP contribution in [-0.4, -0.2) is 16.6 Å². The van der Waals surface area contributed by atoms with Crippen molar-refractivity contribution in [3.05, 3.63) is 46.0 Å². The molecular weight excluding hydrogens is 240 g/mol. The van der Waals surface area contributed by atoms with Crippen LogP contribution < -0.4 is 10.3 Å². The second kappa shape index (κ2) is 4.88. The van der Waals surface area contributed by atoms with E-state index in [0.29, 0.717) is 0 Å². The third-order valence-electron chi connectivity index (χ3n) is 3.26. The van der Waals surface area contributed by atoms with Crippen molar-refractivity contribution < 1.29 is 4.74 Å². The quantitative estimate of drug-likeness (QED) is 0.917. The van der Waals surface area contributed by atoms with Gasteiger partial charge < -0.3 is 9.72 Å². The highest BCUT2D eigenvalue weighted by Gasteiger charge is 2.13. The molecular formula is C15H16N2O2. The van der Waals surface area contributed by atoms with Crippen molar-refractivity contribution in [3.8, 4) is 17.0 Å².